The zero-order chi connectivity index (χ0) is 21.6. The number of carbonyl (C=O) groups is 1. The molecule has 4 heterocycles. The molecule has 0 radical (unpaired) electrons. The standard InChI is InChI=1S/C22H23F3N4O2/c23-16-8-19(24)18(20(25)9-16)10-26-21(30)15-2-3-17-12-27-6-1-4-22(5-7-31-13-22)29(14-27)28(17)11-15/h1,3-4,8-9,11H,2,5-7,10,12-14H2,(H,26,30). The minimum Gasteiger partial charge on any atom is -0.379 e. The molecule has 2 fully saturated rings. The molecule has 6 nitrogen and oxygen atoms in total. The van der Waals surface area contributed by atoms with Crippen LogP contribution < -0.4 is 5.32 Å². The normalized spacial score (nSPS) is 29.3. The number of fused-ring (bicyclic) bond motifs is 5. The minimum atomic E-state index is -1.02. The van der Waals surface area contributed by atoms with Gasteiger partial charge in [-0.3, -0.25) is 14.7 Å². The van der Waals surface area contributed by atoms with E-state index in [0.29, 0.717) is 44.0 Å². The van der Waals surface area contributed by atoms with Gasteiger partial charge in [0.05, 0.1) is 18.8 Å². The summed E-state index contributed by atoms with van der Waals surface area (Å²) in [5.41, 5.74) is 0.955. The molecule has 164 valence electrons. The molecule has 1 aromatic carbocycles. The van der Waals surface area contributed by atoms with Crippen LogP contribution in [0.2, 0.25) is 0 Å². The molecule has 2 bridgehead atoms. The summed E-state index contributed by atoms with van der Waals surface area (Å²) in [5, 5.41) is 6.81. The van der Waals surface area contributed by atoms with Crippen LogP contribution in [0.25, 0.3) is 0 Å². The Morgan fingerprint density at radius 2 is 2.03 bits per heavy atom. The molecule has 5 rings (SSSR count). The molecule has 4 aliphatic rings. The van der Waals surface area contributed by atoms with E-state index in [0.717, 1.165) is 25.2 Å². The second-order valence-electron chi connectivity index (χ2n) is 8.29. The van der Waals surface area contributed by atoms with Gasteiger partial charge in [-0.2, -0.15) is 5.01 Å². The number of rotatable bonds is 3. The third kappa shape index (κ3) is 3.66. The average molecular weight is 432 g/mol. The zero-order valence-electron chi connectivity index (χ0n) is 16.9. The first-order chi connectivity index (χ1) is 14.9. The number of benzene rings is 1. The van der Waals surface area contributed by atoms with Crippen molar-refractivity contribution in [3.63, 3.8) is 0 Å². The highest BCUT2D eigenvalue weighted by Gasteiger charge is 2.46. The van der Waals surface area contributed by atoms with Gasteiger partial charge in [-0.05, 0) is 12.8 Å². The molecule has 1 N–H and O–H groups in total. The van der Waals surface area contributed by atoms with Gasteiger partial charge in [-0.25, -0.2) is 13.2 Å². The summed E-state index contributed by atoms with van der Waals surface area (Å²) in [6.07, 6.45) is 9.48. The molecule has 2 saturated heterocycles. The van der Waals surface area contributed by atoms with E-state index in [4.69, 9.17) is 4.74 Å². The van der Waals surface area contributed by atoms with Crippen molar-refractivity contribution < 1.29 is 22.7 Å². The van der Waals surface area contributed by atoms with Crippen molar-refractivity contribution in [2.45, 2.75) is 24.9 Å². The van der Waals surface area contributed by atoms with Gasteiger partial charge < -0.3 is 10.1 Å². The first-order valence-corrected chi connectivity index (χ1v) is 10.3. The van der Waals surface area contributed by atoms with Crippen LogP contribution in [0, 0.1) is 17.5 Å². The Kier molecular flexibility index (Phi) is 5.11. The fraction of sp³-hybridized carbons (Fsp3) is 0.409. The van der Waals surface area contributed by atoms with Crippen LogP contribution in [-0.2, 0) is 16.1 Å². The molecule has 0 saturated carbocycles. The van der Waals surface area contributed by atoms with Crippen LogP contribution in [0.3, 0.4) is 0 Å². The van der Waals surface area contributed by atoms with Crippen LogP contribution in [-0.4, -0.2) is 59.3 Å². The predicted molar refractivity (Wildman–Crippen MR) is 106 cm³/mol. The Bertz CT molecular complexity index is 977. The minimum absolute atomic E-state index is 0.260. The molecule has 4 aliphatic heterocycles. The average Bonchev–Trinajstić information content (AvgIpc) is 3.16. The summed E-state index contributed by atoms with van der Waals surface area (Å²) in [6.45, 7) is 3.25. The van der Waals surface area contributed by atoms with E-state index < -0.39 is 23.4 Å². The van der Waals surface area contributed by atoms with Gasteiger partial charge in [0.15, 0.2) is 0 Å². The Labute approximate surface area is 178 Å². The predicted octanol–water partition coefficient (Wildman–Crippen LogP) is 2.41. The van der Waals surface area contributed by atoms with E-state index >= 15 is 0 Å². The van der Waals surface area contributed by atoms with Crippen LogP contribution in [0.4, 0.5) is 13.2 Å². The maximum atomic E-state index is 13.9. The Balaban J connectivity index is 1.35. The van der Waals surface area contributed by atoms with Gasteiger partial charge in [-0.15, -0.1) is 0 Å². The van der Waals surface area contributed by atoms with Crippen LogP contribution in [0.15, 0.2) is 47.8 Å². The Hall–Kier alpha value is -2.62. The molecule has 0 aliphatic carbocycles. The Morgan fingerprint density at radius 1 is 1.23 bits per heavy atom. The fourth-order valence-electron chi connectivity index (χ4n) is 4.57. The summed E-state index contributed by atoms with van der Waals surface area (Å²) in [6, 6.07) is 1.21. The number of hydrogen-bond donors (Lipinski definition) is 1. The van der Waals surface area contributed by atoms with Gasteiger partial charge in [0.1, 0.15) is 17.5 Å². The molecular weight excluding hydrogens is 409 g/mol. The van der Waals surface area contributed by atoms with Gasteiger partial charge in [0, 0.05) is 61.4 Å². The van der Waals surface area contributed by atoms with Crippen molar-refractivity contribution in [3.8, 4) is 0 Å². The number of nitrogens with zero attached hydrogens (tertiary/aromatic N) is 3. The first kappa shape index (κ1) is 20.3. The van der Waals surface area contributed by atoms with Crippen molar-refractivity contribution >= 4 is 5.91 Å². The maximum Gasteiger partial charge on any atom is 0.249 e. The van der Waals surface area contributed by atoms with E-state index in [1.165, 1.54) is 0 Å². The van der Waals surface area contributed by atoms with Crippen molar-refractivity contribution in [3.05, 3.63) is 70.8 Å². The lowest BCUT2D eigenvalue weighted by atomic mass is 9.97. The SMILES string of the molecule is O=C(NCc1c(F)cc(F)cc1F)C1=CN2C(=CC1)CN1CC=CC3(CCOC3)N2C1. The number of nitrogens with one attached hydrogen (secondary N) is 1. The summed E-state index contributed by atoms with van der Waals surface area (Å²) >= 11 is 0. The molecule has 0 aromatic heterocycles. The maximum absolute atomic E-state index is 13.9. The van der Waals surface area contributed by atoms with Crippen molar-refractivity contribution in [1.29, 1.82) is 0 Å². The summed E-state index contributed by atoms with van der Waals surface area (Å²) < 4.78 is 46.6. The van der Waals surface area contributed by atoms with Crippen LogP contribution in [0.1, 0.15) is 18.4 Å². The van der Waals surface area contributed by atoms with Crippen molar-refractivity contribution in [2.24, 2.45) is 0 Å². The van der Waals surface area contributed by atoms with E-state index in [9.17, 15) is 18.0 Å². The molecule has 31 heavy (non-hydrogen) atoms. The highest BCUT2D eigenvalue weighted by molar-refractivity contribution is 5.93. The molecule has 3 unspecified atom stereocenters. The number of allylic oxidation sites excluding steroid dienone is 1. The monoisotopic (exact) mass is 432 g/mol. The van der Waals surface area contributed by atoms with Crippen LogP contribution in [0.5, 0.6) is 0 Å². The molecule has 1 spiro atoms. The lowest BCUT2D eigenvalue weighted by molar-refractivity contribution is -0.119. The van der Waals surface area contributed by atoms with E-state index in [-0.39, 0.29) is 17.6 Å². The molecule has 1 amide bonds. The highest BCUT2D eigenvalue weighted by atomic mass is 19.1. The van der Waals surface area contributed by atoms with E-state index in [1.807, 2.05) is 11.1 Å². The number of amides is 1. The number of hydrogen-bond acceptors (Lipinski definition) is 5. The molecular formula is C22H23F3N4O2. The van der Waals surface area contributed by atoms with Gasteiger partial charge >= 0.3 is 0 Å². The second-order valence-corrected chi connectivity index (χ2v) is 8.29. The highest BCUT2D eigenvalue weighted by Crippen LogP contribution is 2.37. The van der Waals surface area contributed by atoms with E-state index in [1.54, 1.807) is 6.20 Å². The smallest absolute Gasteiger partial charge is 0.249 e. The second kappa shape index (κ2) is 7.81. The van der Waals surface area contributed by atoms with Gasteiger partial charge in [0.2, 0.25) is 5.91 Å². The molecule has 9 heteroatoms. The summed E-state index contributed by atoms with van der Waals surface area (Å²) in [4.78, 5) is 15.1. The number of carbonyl (C=O) groups excluding carboxylic acids is 1. The van der Waals surface area contributed by atoms with Gasteiger partial charge in [0.25, 0.3) is 0 Å². The third-order valence-electron chi connectivity index (χ3n) is 6.27. The third-order valence-corrected chi connectivity index (χ3v) is 6.27. The number of halogens is 3. The lowest BCUT2D eigenvalue weighted by Crippen LogP contribution is -2.62. The van der Waals surface area contributed by atoms with Gasteiger partial charge in [-0.1, -0.05) is 18.2 Å². The Morgan fingerprint density at radius 3 is 2.77 bits per heavy atom. The van der Waals surface area contributed by atoms with Crippen LogP contribution >= 0.6 is 0 Å². The first-order valence-electron chi connectivity index (χ1n) is 10.3. The number of hydrazine groups is 1. The van der Waals surface area contributed by atoms with Crippen molar-refractivity contribution in [1.82, 2.24) is 20.2 Å². The summed E-state index contributed by atoms with van der Waals surface area (Å²) in [7, 11) is 0. The molecule has 1 aromatic rings. The van der Waals surface area contributed by atoms with Crippen molar-refractivity contribution in [2.75, 3.05) is 33.0 Å². The quantitative estimate of drug-likeness (QED) is 0.744. The molecule has 3 atom stereocenters. The lowest BCUT2D eigenvalue weighted by Gasteiger charge is -2.51. The van der Waals surface area contributed by atoms with E-state index in [2.05, 4.69) is 27.4 Å². The largest absolute Gasteiger partial charge is 0.379 e. The number of ether oxygens (including phenoxy) is 1. The zero-order valence-corrected chi connectivity index (χ0v) is 16.9. The topological polar surface area (TPSA) is 48.1 Å². The fourth-order valence-corrected chi connectivity index (χ4v) is 4.57. The summed E-state index contributed by atoms with van der Waals surface area (Å²) in [5.74, 6) is -3.45.